The minimum Gasteiger partial charge on any atom is -0.484 e. The predicted octanol–water partition coefficient (Wildman–Crippen LogP) is 5.31. The van der Waals surface area contributed by atoms with Crippen LogP contribution in [0.5, 0.6) is 5.75 Å². The van der Waals surface area contributed by atoms with E-state index in [-0.39, 0.29) is 11.4 Å². The molecule has 0 radical (unpaired) electrons. The van der Waals surface area contributed by atoms with Crippen molar-refractivity contribution < 1.29 is 9.15 Å². The first-order chi connectivity index (χ1) is 11.4. The Kier molecular flexibility index (Phi) is 2.88. The van der Waals surface area contributed by atoms with Crippen LogP contribution in [0.4, 0.5) is 0 Å². The molecule has 0 spiro atoms. The lowest BCUT2D eigenvalue weighted by molar-refractivity contribution is 0.249. The van der Waals surface area contributed by atoms with E-state index >= 15 is 0 Å². The fourth-order valence-corrected chi connectivity index (χ4v) is 4.57. The quantitative estimate of drug-likeness (QED) is 0.607. The summed E-state index contributed by atoms with van der Waals surface area (Å²) in [7, 11) is 0. The van der Waals surface area contributed by atoms with E-state index in [1.54, 1.807) is 6.26 Å². The Morgan fingerprint density at radius 3 is 2.87 bits per heavy atom. The fraction of sp³-hybridized carbons (Fsp3) is 0.100. The minimum atomic E-state index is 0.0925. The van der Waals surface area contributed by atoms with Gasteiger partial charge in [0, 0.05) is 0 Å². The maximum Gasteiger partial charge on any atom is 0.134 e. The van der Waals surface area contributed by atoms with Crippen molar-refractivity contribution in [2.24, 2.45) is 0 Å². The van der Waals surface area contributed by atoms with Gasteiger partial charge in [-0.25, -0.2) is 0 Å². The van der Waals surface area contributed by atoms with Crippen LogP contribution in [0.25, 0.3) is 16.8 Å². The van der Waals surface area contributed by atoms with Gasteiger partial charge in [0.05, 0.1) is 16.4 Å². The standard InChI is InChI=1S/C20H14O2S/c1-2-6-16-13(4-1)7-9-18-20(16)23-19-14(8-10-17(19)22-18)12-15-5-3-11-21-15/h1-12,17,19H/b14-12+. The zero-order valence-corrected chi connectivity index (χ0v) is 13.1. The average Bonchev–Trinajstić information content (AvgIpc) is 3.24. The maximum atomic E-state index is 6.23. The zero-order chi connectivity index (χ0) is 15.2. The Morgan fingerprint density at radius 2 is 1.96 bits per heavy atom. The summed E-state index contributed by atoms with van der Waals surface area (Å²) in [6.45, 7) is 0. The second-order valence-corrected chi connectivity index (χ2v) is 6.91. The minimum absolute atomic E-state index is 0.0925. The maximum absolute atomic E-state index is 6.23. The number of thioether (sulfide) groups is 1. The third-order valence-corrected chi connectivity index (χ3v) is 5.76. The number of benzene rings is 2. The second-order valence-electron chi connectivity index (χ2n) is 5.75. The number of rotatable bonds is 1. The monoisotopic (exact) mass is 318 g/mol. The molecule has 2 aromatic carbocycles. The Morgan fingerprint density at radius 1 is 1.00 bits per heavy atom. The van der Waals surface area contributed by atoms with Gasteiger partial charge in [-0.2, -0.15) is 0 Å². The molecule has 1 aliphatic carbocycles. The Balaban J connectivity index is 1.59. The van der Waals surface area contributed by atoms with E-state index in [9.17, 15) is 0 Å². The molecule has 23 heavy (non-hydrogen) atoms. The van der Waals surface area contributed by atoms with Crippen LogP contribution in [-0.2, 0) is 0 Å². The van der Waals surface area contributed by atoms with Crippen LogP contribution in [0.3, 0.4) is 0 Å². The highest BCUT2D eigenvalue weighted by Crippen LogP contribution is 2.48. The fourth-order valence-electron chi connectivity index (χ4n) is 3.21. The van der Waals surface area contributed by atoms with Crippen LogP contribution >= 0.6 is 11.8 Å². The third-order valence-electron chi connectivity index (χ3n) is 4.31. The number of furan rings is 1. The van der Waals surface area contributed by atoms with Crippen molar-refractivity contribution in [3.05, 3.63) is 78.3 Å². The summed E-state index contributed by atoms with van der Waals surface area (Å²) in [5.41, 5.74) is 1.24. The smallest absolute Gasteiger partial charge is 0.134 e. The molecule has 112 valence electrons. The number of ether oxygens (including phenoxy) is 1. The lowest BCUT2D eigenvalue weighted by atomic mass is 10.1. The van der Waals surface area contributed by atoms with Gasteiger partial charge >= 0.3 is 0 Å². The molecule has 2 aliphatic rings. The molecule has 2 nitrogen and oxygen atoms in total. The molecule has 0 fully saturated rings. The molecule has 0 saturated carbocycles. The number of hydrogen-bond donors (Lipinski definition) is 0. The zero-order valence-electron chi connectivity index (χ0n) is 12.3. The summed E-state index contributed by atoms with van der Waals surface area (Å²) >= 11 is 1.89. The van der Waals surface area contributed by atoms with Gasteiger partial charge in [-0.05, 0) is 46.7 Å². The predicted molar refractivity (Wildman–Crippen MR) is 93.8 cm³/mol. The molecule has 0 bridgehead atoms. The van der Waals surface area contributed by atoms with Crippen LogP contribution in [0.15, 0.2) is 81.8 Å². The summed E-state index contributed by atoms with van der Waals surface area (Å²) < 4.78 is 11.7. The van der Waals surface area contributed by atoms with Gasteiger partial charge in [-0.1, -0.05) is 36.4 Å². The van der Waals surface area contributed by atoms with Crippen molar-refractivity contribution in [1.29, 1.82) is 0 Å². The lowest BCUT2D eigenvalue weighted by Gasteiger charge is -2.29. The largest absolute Gasteiger partial charge is 0.484 e. The van der Waals surface area contributed by atoms with Crippen molar-refractivity contribution in [1.82, 2.24) is 0 Å². The van der Waals surface area contributed by atoms with Crippen LogP contribution < -0.4 is 4.74 Å². The third kappa shape index (κ3) is 2.12. The van der Waals surface area contributed by atoms with Crippen LogP contribution in [-0.4, -0.2) is 11.4 Å². The molecule has 3 aromatic rings. The summed E-state index contributed by atoms with van der Waals surface area (Å²) in [6, 6.07) is 16.6. The molecule has 0 N–H and O–H groups in total. The lowest BCUT2D eigenvalue weighted by Crippen LogP contribution is -2.28. The summed E-state index contributed by atoms with van der Waals surface area (Å²) in [5, 5.41) is 2.79. The second kappa shape index (κ2) is 5.07. The van der Waals surface area contributed by atoms with Gasteiger partial charge in [0.2, 0.25) is 0 Å². The Hall–Kier alpha value is -2.39. The molecular weight excluding hydrogens is 304 g/mol. The normalized spacial score (nSPS) is 23.7. The van der Waals surface area contributed by atoms with Crippen LogP contribution in [0, 0.1) is 0 Å². The van der Waals surface area contributed by atoms with E-state index in [0.29, 0.717) is 0 Å². The highest BCUT2D eigenvalue weighted by Gasteiger charge is 2.35. The van der Waals surface area contributed by atoms with Crippen LogP contribution in [0.2, 0.25) is 0 Å². The molecular formula is C20H14O2S. The van der Waals surface area contributed by atoms with Crippen molar-refractivity contribution in [2.45, 2.75) is 16.2 Å². The number of allylic oxidation sites excluding steroid dienone is 1. The van der Waals surface area contributed by atoms with Crippen molar-refractivity contribution >= 4 is 28.6 Å². The molecule has 3 heteroatoms. The highest BCUT2D eigenvalue weighted by atomic mass is 32.2. The number of fused-ring (bicyclic) bond motifs is 4. The van der Waals surface area contributed by atoms with Crippen LogP contribution in [0.1, 0.15) is 5.76 Å². The van der Waals surface area contributed by atoms with E-state index < -0.39 is 0 Å². The molecule has 1 aliphatic heterocycles. The van der Waals surface area contributed by atoms with E-state index in [1.807, 2.05) is 23.9 Å². The van der Waals surface area contributed by atoms with Gasteiger partial charge in [0.1, 0.15) is 17.6 Å². The molecule has 2 unspecified atom stereocenters. The van der Waals surface area contributed by atoms with E-state index in [1.165, 1.54) is 21.2 Å². The van der Waals surface area contributed by atoms with Crippen molar-refractivity contribution in [3.63, 3.8) is 0 Å². The first-order valence-electron chi connectivity index (χ1n) is 7.67. The molecule has 0 saturated heterocycles. The molecule has 0 amide bonds. The van der Waals surface area contributed by atoms with E-state index in [0.717, 1.165) is 11.5 Å². The van der Waals surface area contributed by atoms with Gasteiger partial charge in [0.25, 0.3) is 0 Å². The topological polar surface area (TPSA) is 22.4 Å². The number of hydrogen-bond acceptors (Lipinski definition) is 3. The first kappa shape index (κ1) is 13.1. The van der Waals surface area contributed by atoms with Crippen molar-refractivity contribution in [3.8, 4) is 5.75 Å². The molecule has 5 rings (SSSR count). The Labute approximate surface area is 138 Å². The van der Waals surface area contributed by atoms with Crippen molar-refractivity contribution in [2.75, 3.05) is 0 Å². The summed E-state index contributed by atoms with van der Waals surface area (Å²) in [4.78, 5) is 1.23. The first-order valence-corrected chi connectivity index (χ1v) is 8.55. The van der Waals surface area contributed by atoms with Gasteiger partial charge in [-0.15, -0.1) is 11.8 Å². The summed E-state index contributed by atoms with van der Waals surface area (Å²) in [5.74, 6) is 1.87. The highest BCUT2D eigenvalue weighted by molar-refractivity contribution is 8.00. The molecule has 2 heterocycles. The van der Waals surface area contributed by atoms with E-state index in [4.69, 9.17) is 9.15 Å². The van der Waals surface area contributed by atoms with Gasteiger partial charge in [0.15, 0.2) is 0 Å². The molecule has 2 atom stereocenters. The summed E-state index contributed by atoms with van der Waals surface area (Å²) in [6.07, 6.45) is 8.20. The molecule has 1 aromatic heterocycles. The SMILES string of the molecule is C1=CC2Oc3ccc4ccccc4c3SC2/C1=C/c1ccco1. The van der Waals surface area contributed by atoms with Gasteiger partial charge < -0.3 is 9.15 Å². The van der Waals surface area contributed by atoms with Gasteiger partial charge in [-0.3, -0.25) is 0 Å². The Bertz CT molecular complexity index is 937. The average molecular weight is 318 g/mol. The van der Waals surface area contributed by atoms with E-state index in [2.05, 4.69) is 54.6 Å².